The highest BCUT2D eigenvalue weighted by molar-refractivity contribution is 5.64. The molecule has 0 bridgehead atoms. The summed E-state index contributed by atoms with van der Waals surface area (Å²) in [6, 6.07) is 8.53. The minimum Gasteiger partial charge on any atom is -0.365 e. The summed E-state index contributed by atoms with van der Waals surface area (Å²) in [5, 5.41) is 3.73. The van der Waals surface area contributed by atoms with E-state index in [2.05, 4.69) is 35.3 Å². The van der Waals surface area contributed by atoms with Crippen molar-refractivity contribution in [1.29, 1.82) is 0 Å². The zero-order valence-corrected chi connectivity index (χ0v) is 10.4. The van der Waals surface area contributed by atoms with Gasteiger partial charge < -0.3 is 10.2 Å². The number of benzene rings is 1. The molecule has 3 aliphatic rings. The lowest BCUT2D eigenvalue weighted by Crippen LogP contribution is -2.59. The Morgan fingerprint density at radius 3 is 3.18 bits per heavy atom. The third-order valence-electron chi connectivity index (χ3n) is 4.87. The van der Waals surface area contributed by atoms with Gasteiger partial charge >= 0.3 is 0 Å². The van der Waals surface area contributed by atoms with Gasteiger partial charge in [0.25, 0.3) is 0 Å². The maximum atomic E-state index is 3.73. The molecule has 2 heteroatoms. The first-order valence-corrected chi connectivity index (χ1v) is 6.95. The van der Waals surface area contributed by atoms with Crippen molar-refractivity contribution in [3.63, 3.8) is 0 Å². The molecule has 1 saturated heterocycles. The van der Waals surface area contributed by atoms with Crippen LogP contribution in [-0.4, -0.2) is 25.2 Å². The zero-order chi connectivity index (χ0) is 11.4. The van der Waals surface area contributed by atoms with Gasteiger partial charge in [-0.25, -0.2) is 0 Å². The Labute approximate surface area is 103 Å². The van der Waals surface area contributed by atoms with Gasteiger partial charge in [-0.15, -0.1) is 0 Å². The second-order valence-corrected chi connectivity index (χ2v) is 5.84. The Bertz CT molecular complexity index is 452. The Balaban J connectivity index is 1.85. The van der Waals surface area contributed by atoms with Crippen molar-refractivity contribution in [2.45, 2.75) is 44.2 Å². The molecule has 2 aliphatic heterocycles. The second-order valence-electron chi connectivity index (χ2n) is 5.84. The van der Waals surface area contributed by atoms with E-state index >= 15 is 0 Å². The standard InChI is InChI=1S/C15H20N2/c1-10-5-6-14-12(9-10)11-3-2-4-13-15(11)17(14)8-7-16-13/h5-6,9,11,13,15-16H,2-4,7-8H2,1H3/t11-,13-,15+/m0/s1. The van der Waals surface area contributed by atoms with Crippen LogP contribution < -0.4 is 10.2 Å². The molecule has 1 aromatic rings. The summed E-state index contributed by atoms with van der Waals surface area (Å²) in [6.07, 6.45) is 4.14. The molecule has 1 aliphatic carbocycles. The molecule has 2 nitrogen and oxygen atoms in total. The van der Waals surface area contributed by atoms with Crippen LogP contribution in [0.25, 0.3) is 0 Å². The van der Waals surface area contributed by atoms with E-state index in [1.54, 1.807) is 5.56 Å². The van der Waals surface area contributed by atoms with Crippen molar-refractivity contribution in [2.24, 2.45) is 0 Å². The largest absolute Gasteiger partial charge is 0.365 e. The van der Waals surface area contributed by atoms with E-state index in [0.29, 0.717) is 0 Å². The summed E-state index contributed by atoms with van der Waals surface area (Å²) < 4.78 is 0. The van der Waals surface area contributed by atoms with E-state index in [4.69, 9.17) is 0 Å². The van der Waals surface area contributed by atoms with Crippen molar-refractivity contribution >= 4 is 5.69 Å². The van der Waals surface area contributed by atoms with Crippen LogP contribution in [0.5, 0.6) is 0 Å². The maximum Gasteiger partial charge on any atom is 0.0513 e. The second kappa shape index (κ2) is 3.49. The first-order chi connectivity index (χ1) is 8.34. The fourth-order valence-electron chi connectivity index (χ4n) is 4.21. The fraction of sp³-hybridized carbons (Fsp3) is 0.600. The van der Waals surface area contributed by atoms with E-state index in [1.807, 2.05) is 0 Å². The number of hydrogen-bond donors (Lipinski definition) is 1. The predicted molar refractivity (Wildman–Crippen MR) is 70.7 cm³/mol. The van der Waals surface area contributed by atoms with Crippen LogP contribution in [-0.2, 0) is 0 Å². The maximum absolute atomic E-state index is 3.73. The molecule has 0 radical (unpaired) electrons. The summed E-state index contributed by atoms with van der Waals surface area (Å²) >= 11 is 0. The highest BCUT2D eigenvalue weighted by Crippen LogP contribution is 2.48. The molecule has 0 unspecified atom stereocenters. The quantitative estimate of drug-likeness (QED) is 0.733. The third-order valence-corrected chi connectivity index (χ3v) is 4.87. The highest BCUT2D eigenvalue weighted by atomic mass is 15.3. The van der Waals surface area contributed by atoms with Crippen LogP contribution in [0, 0.1) is 6.92 Å². The topological polar surface area (TPSA) is 15.3 Å². The number of hydrogen-bond acceptors (Lipinski definition) is 2. The number of piperazine rings is 1. The fourth-order valence-corrected chi connectivity index (χ4v) is 4.21. The number of anilines is 1. The Kier molecular flexibility index (Phi) is 2.04. The summed E-state index contributed by atoms with van der Waals surface area (Å²) in [7, 11) is 0. The monoisotopic (exact) mass is 228 g/mol. The zero-order valence-electron chi connectivity index (χ0n) is 10.4. The normalized spacial score (nSPS) is 34.4. The van der Waals surface area contributed by atoms with Gasteiger partial charge in [0.15, 0.2) is 0 Å². The van der Waals surface area contributed by atoms with E-state index in [1.165, 1.54) is 37.1 Å². The van der Waals surface area contributed by atoms with Crippen LogP contribution in [0.15, 0.2) is 18.2 Å². The molecule has 0 aromatic heterocycles. The van der Waals surface area contributed by atoms with Crippen molar-refractivity contribution in [3.8, 4) is 0 Å². The van der Waals surface area contributed by atoms with Crippen molar-refractivity contribution < 1.29 is 0 Å². The first-order valence-electron chi connectivity index (χ1n) is 6.95. The van der Waals surface area contributed by atoms with Crippen LogP contribution >= 0.6 is 0 Å². The number of nitrogens with one attached hydrogen (secondary N) is 1. The Hall–Kier alpha value is -1.02. The summed E-state index contributed by atoms with van der Waals surface area (Å²) in [5.74, 6) is 0.788. The number of nitrogens with zero attached hydrogens (tertiary/aromatic N) is 1. The third kappa shape index (κ3) is 1.30. The van der Waals surface area contributed by atoms with Gasteiger partial charge in [-0.05, 0) is 31.4 Å². The molecule has 2 heterocycles. The van der Waals surface area contributed by atoms with Crippen molar-refractivity contribution in [1.82, 2.24) is 5.32 Å². The van der Waals surface area contributed by atoms with Crippen LogP contribution in [0.1, 0.15) is 36.3 Å². The van der Waals surface area contributed by atoms with Crippen LogP contribution in [0.3, 0.4) is 0 Å². The average Bonchev–Trinajstić information content (AvgIpc) is 2.67. The van der Waals surface area contributed by atoms with Gasteiger partial charge in [0.05, 0.1) is 6.04 Å². The molecule has 0 amide bonds. The molecule has 3 atom stereocenters. The molecular formula is C15H20N2. The number of aryl methyl sites for hydroxylation is 1. The summed E-state index contributed by atoms with van der Waals surface area (Å²) in [5.41, 5.74) is 4.57. The van der Waals surface area contributed by atoms with Gasteiger partial charge in [-0.1, -0.05) is 24.1 Å². The van der Waals surface area contributed by atoms with Crippen molar-refractivity contribution in [2.75, 3.05) is 18.0 Å². The van der Waals surface area contributed by atoms with E-state index in [9.17, 15) is 0 Å². The van der Waals surface area contributed by atoms with E-state index in [-0.39, 0.29) is 0 Å². The lowest BCUT2D eigenvalue weighted by molar-refractivity contribution is 0.270. The molecule has 1 N–H and O–H groups in total. The van der Waals surface area contributed by atoms with Gasteiger partial charge in [0.2, 0.25) is 0 Å². The number of rotatable bonds is 0. The molecular weight excluding hydrogens is 208 g/mol. The van der Waals surface area contributed by atoms with Gasteiger partial charge in [-0.3, -0.25) is 0 Å². The minimum atomic E-state index is 0.732. The van der Waals surface area contributed by atoms with Crippen LogP contribution in [0.4, 0.5) is 5.69 Å². The lowest BCUT2D eigenvalue weighted by Gasteiger charge is -2.44. The van der Waals surface area contributed by atoms with Gasteiger partial charge in [-0.2, -0.15) is 0 Å². The van der Waals surface area contributed by atoms with E-state index in [0.717, 1.165) is 24.5 Å². The van der Waals surface area contributed by atoms with Crippen molar-refractivity contribution in [3.05, 3.63) is 29.3 Å². The lowest BCUT2D eigenvalue weighted by atomic mass is 9.78. The van der Waals surface area contributed by atoms with Crippen LogP contribution in [0.2, 0.25) is 0 Å². The smallest absolute Gasteiger partial charge is 0.0513 e. The molecule has 2 fully saturated rings. The summed E-state index contributed by atoms with van der Waals surface area (Å²) in [4.78, 5) is 2.68. The highest BCUT2D eigenvalue weighted by Gasteiger charge is 2.46. The predicted octanol–water partition coefficient (Wildman–Crippen LogP) is 2.42. The Morgan fingerprint density at radius 2 is 2.24 bits per heavy atom. The molecule has 1 saturated carbocycles. The molecule has 1 aromatic carbocycles. The Morgan fingerprint density at radius 1 is 1.29 bits per heavy atom. The van der Waals surface area contributed by atoms with Gasteiger partial charge in [0.1, 0.15) is 0 Å². The number of fused-ring (bicyclic) bond motifs is 3. The average molecular weight is 228 g/mol. The molecule has 17 heavy (non-hydrogen) atoms. The SMILES string of the molecule is Cc1ccc2c(c1)[C@@H]1CCC[C@@H]3NCCN2[C@@H]31. The molecule has 4 rings (SSSR count). The first kappa shape index (κ1) is 9.95. The summed E-state index contributed by atoms with van der Waals surface area (Å²) in [6.45, 7) is 4.56. The van der Waals surface area contributed by atoms with Gasteiger partial charge in [0, 0.05) is 30.7 Å². The minimum absolute atomic E-state index is 0.732. The molecule has 90 valence electrons. The molecule has 0 spiro atoms. The van der Waals surface area contributed by atoms with E-state index < -0.39 is 0 Å².